The van der Waals surface area contributed by atoms with Gasteiger partial charge in [-0.25, -0.2) is 4.79 Å². The van der Waals surface area contributed by atoms with Crippen molar-refractivity contribution in [3.05, 3.63) is 78.9 Å². The highest BCUT2D eigenvalue weighted by molar-refractivity contribution is 6.01. The van der Waals surface area contributed by atoms with Crippen molar-refractivity contribution in [1.29, 1.82) is 0 Å². The molecule has 0 saturated heterocycles. The van der Waals surface area contributed by atoms with E-state index in [4.69, 9.17) is 9.47 Å². The predicted molar refractivity (Wildman–Crippen MR) is 135 cm³/mol. The number of carbonyl (C=O) groups excluding carboxylic acids is 2. The van der Waals surface area contributed by atoms with Crippen molar-refractivity contribution in [2.75, 3.05) is 30.4 Å². The van der Waals surface area contributed by atoms with Gasteiger partial charge in [0.2, 0.25) is 5.91 Å². The Morgan fingerprint density at radius 3 is 2.15 bits per heavy atom. The Labute approximate surface area is 200 Å². The fourth-order valence-electron chi connectivity index (χ4n) is 3.31. The van der Waals surface area contributed by atoms with Gasteiger partial charge in [0, 0.05) is 30.9 Å². The summed E-state index contributed by atoms with van der Waals surface area (Å²) in [4.78, 5) is 26.5. The lowest BCUT2D eigenvalue weighted by atomic mass is 10.2. The van der Waals surface area contributed by atoms with Crippen LogP contribution in [0.2, 0.25) is 0 Å². The zero-order valence-electron chi connectivity index (χ0n) is 19.6. The number of ether oxygens (including phenoxy) is 2. The molecule has 7 heteroatoms. The lowest BCUT2D eigenvalue weighted by molar-refractivity contribution is -0.121. The van der Waals surface area contributed by atoms with Crippen LogP contribution < -0.4 is 25.0 Å². The first-order valence-corrected chi connectivity index (χ1v) is 11.4. The van der Waals surface area contributed by atoms with Crippen molar-refractivity contribution in [1.82, 2.24) is 5.32 Å². The van der Waals surface area contributed by atoms with Crippen LogP contribution in [0.25, 0.3) is 0 Å². The van der Waals surface area contributed by atoms with Crippen LogP contribution in [0, 0.1) is 0 Å². The number of carbonyl (C=O) groups is 2. The molecule has 0 atom stereocenters. The van der Waals surface area contributed by atoms with Gasteiger partial charge in [-0.3, -0.25) is 9.69 Å². The number of amides is 3. The SMILES string of the molecule is CCCC(=O)NCCCN(C(=O)Nc1ccc(OC)cc1)c1ccc(Oc2ccccc2)cc1. The molecule has 0 saturated carbocycles. The van der Waals surface area contributed by atoms with Gasteiger partial charge in [0.1, 0.15) is 17.2 Å². The van der Waals surface area contributed by atoms with E-state index < -0.39 is 0 Å². The summed E-state index contributed by atoms with van der Waals surface area (Å²) in [6, 6.07) is 23.8. The van der Waals surface area contributed by atoms with Gasteiger partial charge in [-0.2, -0.15) is 0 Å². The van der Waals surface area contributed by atoms with E-state index in [9.17, 15) is 9.59 Å². The van der Waals surface area contributed by atoms with Crippen molar-refractivity contribution < 1.29 is 19.1 Å². The van der Waals surface area contributed by atoms with Crippen LogP contribution in [-0.4, -0.2) is 32.1 Å². The number of rotatable bonds is 11. The molecular weight excluding hydrogens is 430 g/mol. The Kier molecular flexibility index (Phi) is 9.34. The number of nitrogens with one attached hydrogen (secondary N) is 2. The lowest BCUT2D eigenvalue weighted by Crippen LogP contribution is -2.37. The van der Waals surface area contributed by atoms with E-state index in [1.165, 1.54) is 0 Å². The van der Waals surface area contributed by atoms with E-state index in [2.05, 4.69) is 10.6 Å². The van der Waals surface area contributed by atoms with E-state index in [0.29, 0.717) is 43.1 Å². The summed E-state index contributed by atoms with van der Waals surface area (Å²) in [6.07, 6.45) is 1.93. The number of urea groups is 1. The molecular formula is C27H31N3O4. The number of para-hydroxylation sites is 1. The fraction of sp³-hybridized carbons (Fsp3) is 0.259. The standard InChI is InChI=1S/C27H31N3O4/c1-3-8-26(31)28-19-7-20-30(27(32)29-21-11-15-23(33-2)16-12-21)22-13-17-25(18-14-22)34-24-9-5-4-6-10-24/h4-6,9-18H,3,7-8,19-20H2,1-2H3,(H,28,31)(H,29,32). The Morgan fingerprint density at radius 2 is 1.50 bits per heavy atom. The van der Waals surface area contributed by atoms with Crippen LogP contribution in [0.3, 0.4) is 0 Å². The van der Waals surface area contributed by atoms with E-state index in [-0.39, 0.29) is 11.9 Å². The van der Waals surface area contributed by atoms with Gasteiger partial charge in [-0.05, 0) is 73.5 Å². The summed E-state index contributed by atoms with van der Waals surface area (Å²) in [5, 5.41) is 5.83. The molecule has 2 N–H and O–H groups in total. The normalized spacial score (nSPS) is 10.3. The van der Waals surface area contributed by atoms with Crippen LogP contribution in [-0.2, 0) is 4.79 Å². The molecule has 0 unspecified atom stereocenters. The zero-order chi connectivity index (χ0) is 24.2. The third-order valence-electron chi connectivity index (χ3n) is 5.07. The summed E-state index contributed by atoms with van der Waals surface area (Å²) in [5.41, 5.74) is 1.39. The summed E-state index contributed by atoms with van der Waals surface area (Å²) in [5.74, 6) is 2.16. The minimum Gasteiger partial charge on any atom is -0.497 e. The molecule has 0 aliphatic heterocycles. The third-order valence-corrected chi connectivity index (χ3v) is 5.07. The van der Waals surface area contributed by atoms with Crippen LogP contribution in [0.5, 0.6) is 17.2 Å². The lowest BCUT2D eigenvalue weighted by Gasteiger charge is -2.24. The Morgan fingerprint density at radius 1 is 0.853 bits per heavy atom. The van der Waals surface area contributed by atoms with E-state index >= 15 is 0 Å². The van der Waals surface area contributed by atoms with Crippen molar-refractivity contribution in [2.45, 2.75) is 26.2 Å². The molecule has 178 valence electrons. The van der Waals surface area contributed by atoms with Crippen LogP contribution in [0.1, 0.15) is 26.2 Å². The van der Waals surface area contributed by atoms with Crippen LogP contribution in [0.4, 0.5) is 16.2 Å². The second-order valence-electron chi connectivity index (χ2n) is 7.67. The molecule has 0 bridgehead atoms. The van der Waals surface area contributed by atoms with Gasteiger partial charge in [-0.1, -0.05) is 25.1 Å². The molecule has 0 aliphatic carbocycles. The van der Waals surface area contributed by atoms with Crippen LogP contribution in [0.15, 0.2) is 78.9 Å². The molecule has 34 heavy (non-hydrogen) atoms. The first-order chi connectivity index (χ1) is 16.6. The number of hydrogen-bond acceptors (Lipinski definition) is 4. The van der Waals surface area contributed by atoms with E-state index in [0.717, 1.165) is 17.9 Å². The molecule has 3 rings (SSSR count). The van der Waals surface area contributed by atoms with Gasteiger partial charge < -0.3 is 20.1 Å². The Balaban J connectivity index is 1.69. The molecule has 7 nitrogen and oxygen atoms in total. The molecule has 0 aromatic heterocycles. The molecule has 0 fully saturated rings. The first-order valence-electron chi connectivity index (χ1n) is 11.4. The summed E-state index contributed by atoms with van der Waals surface area (Å²) < 4.78 is 11.0. The van der Waals surface area contributed by atoms with Gasteiger partial charge in [0.25, 0.3) is 0 Å². The minimum absolute atomic E-state index is 0.0270. The van der Waals surface area contributed by atoms with Crippen LogP contribution >= 0.6 is 0 Å². The average molecular weight is 462 g/mol. The maximum Gasteiger partial charge on any atom is 0.326 e. The van der Waals surface area contributed by atoms with Crippen molar-refractivity contribution in [3.63, 3.8) is 0 Å². The molecule has 0 spiro atoms. The minimum atomic E-state index is -0.262. The zero-order valence-corrected chi connectivity index (χ0v) is 19.6. The number of nitrogens with zero attached hydrogens (tertiary/aromatic N) is 1. The van der Waals surface area contributed by atoms with E-state index in [1.807, 2.05) is 61.5 Å². The van der Waals surface area contributed by atoms with Gasteiger partial charge in [0.15, 0.2) is 0 Å². The van der Waals surface area contributed by atoms with Crippen molar-refractivity contribution in [3.8, 4) is 17.2 Å². The van der Waals surface area contributed by atoms with E-state index in [1.54, 1.807) is 36.3 Å². The van der Waals surface area contributed by atoms with Crippen molar-refractivity contribution >= 4 is 23.3 Å². The number of methoxy groups -OCH3 is 1. The summed E-state index contributed by atoms with van der Waals surface area (Å²) in [6.45, 7) is 2.91. The molecule has 0 heterocycles. The topological polar surface area (TPSA) is 79.9 Å². The molecule has 0 radical (unpaired) electrons. The molecule has 3 amide bonds. The molecule has 3 aromatic carbocycles. The molecule has 0 aliphatic rings. The number of anilines is 2. The highest BCUT2D eigenvalue weighted by Gasteiger charge is 2.16. The summed E-state index contributed by atoms with van der Waals surface area (Å²) >= 11 is 0. The highest BCUT2D eigenvalue weighted by Crippen LogP contribution is 2.25. The second-order valence-corrected chi connectivity index (χ2v) is 7.67. The second kappa shape index (κ2) is 12.9. The number of benzene rings is 3. The fourth-order valence-corrected chi connectivity index (χ4v) is 3.31. The van der Waals surface area contributed by atoms with Gasteiger partial charge in [0.05, 0.1) is 7.11 Å². The Bertz CT molecular complexity index is 1040. The summed E-state index contributed by atoms with van der Waals surface area (Å²) in [7, 11) is 1.60. The van der Waals surface area contributed by atoms with Crippen molar-refractivity contribution in [2.24, 2.45) is 0 Å². The largest absolute Gasteiger partial charge is 0.497 e. The molecule has 3 aromatic rings. The maximum atomic E-state index is 13.1. The highest BCUT2D eigenvalue weighted by atomic mass is 16.5. The Hall–Kier alpha value is -4.00. The number of hydrogen-bond donors (Lipinski definition) is 2. The smallest absolute Gasteiger partial charge is 0.326 e. The maximum absolute atomic E-state index is 13.1. The predicted octanol–water partition coefficient (Wildman–Crippen LogP) is 5.83. The van der Waals surface area contributed by atoms with Gasteiger partial charge in [-0.15, -0.1) is 0 Å². The average Bonchev–Trinajstić information content (AvgIpc) is 2.86. The first kappa shape index (κ1) is 24.6. The quantitative estimate of drug-likeness (QED) is 0.352. The third kappa shape index (κ3) is 7.55. The monoisotopic (exact) mass is 461 g/mol. The van der Waals surface area contributed by atoms with Gasteiger partial charge >= 0.3 is 6.03 Å².